The van der Waals surface area contributed by atoms with Crippen molar-refractivity contribution in [2.75, 3.05) is 13.6 Å². The standard InChI is InChI=1S/C11H21N3O2/c1-4-5-10-12-11(16-13-10)8-14(3)7-6-9(2)15/h9,15H,4-8H2,1-3H3. The van der Waals surface area contributed by atoms with E-state index in [1.54, 1.807) is 6.92 Å². The molecular formula is C11H21N3O2. The zero-order chi connectivity index (χ0) is 12.0. The van der Waals surface area contributed by atoms with Gasteiger partial charge < -0.3 is 9.63 Å². The molecule has 0 aliphatic heterocycles. The third-order valence-corrected chi connectivity index (χ3v) is 2.32. The first-order valence-electron chi connectivity index (χ1n) is 5.80. The minimum Gasteiger partial charge on any atom is -0.393 e. The smallest absolute Gasteiger partial charge is 0.240 e. The van der Waals surface area contributed by atoms with Crippen molar-refractivity contribution in [2.24, 2.45) is 0 Å². The van der Waals surface area contributed by atoms with E-state index in [4.69, 9.17) is 9.63 Å². The zero-order valence-corrected chi connectivity index (χ0v) is 10.3. The van der Waals surface area contributed by atoms with E-state index in [0.717, 1.165) is 31.6 Å². The Morgan fingerprint density at radius 1 is 1.50 bits per heavy atom. The third kappa shape index (κ3) is 4.72. The van der Waals surface area contributed by atoms with Crippen molar-refractivity contribution in [1.29, 1.82) is 0 Å². The van der Waals surface area contributed by atoms with Crippen molar-refractivity contribution in [3.8, 4) is 0 Å². The summed E-state index contributed by atoms with van der Waals surface area (Å²) in [4.78, 5) is 6.35. The normalized spacial score (nSPS) is 13.3. The number of aromatic nitrogens is 2. The maximum Gasteiger partial charge on any atom is 0.240 e. The van der Waals surface area contributed by atoms with Gasteiger partial charge in [-0.1, -0.05) is 12.1 Å². The maximum atomic E-state index is 9.16. The van der Waals surface area contributed by atoms with E-state index in [2.05, 4.69) is 22.0 Å². The average molecular weight is 227 g/mol. The van der Waals surface area contributed by atoms with Crippen LogP contribution in [0.25, 0.3) is 0 Å². The molecule has 0 bridgehead atoms. The van der Waals surface area contributed by atoms with Gasteiger partial charge in [-0.05, 0) is 26.8 Å². The Hall–Kier alpha value is -0.940. The summed E-state index contributed by atoms with van der Waals surface area (Å²) >= 11 is 0. The molecule has 1 heterocycles. The van der Waals surface area contributed by atoms with E-state index in [9.17, 15) is 0 Å². The summed E-state index contributed by atoms with van der Waals surface area (Å²) in [5, 5.41) is 13.1. The summed E-state index contributed by atoms with van der Waals surface area (Å²) in [5.74, 6) is 1.43. The van der Waals surface area contributed by atoms with Gasteiger partial charge in [-0.2, -0.15) is 4.98 Å². The molecule has 5 nitrogen and oxygen atoms in total. The van der Waals surface area contributed by atoms with Gasteiger partial charge in [0.2, 0.25) is 5.89 Å². The molecule has 1 unspecified atom stereocenters. The number of hydrogen-bond acceptors (Lipinski definition) is 5. The summed E-state index contributed by atoms with van der Waals surface area (Å²) in [7, 11) is 1.98. The highest BCUT2D eigenvalue weighted by Gasteiger charge is 2.09. The molecule has 1 N–H and O–H groups in total. The molecule has 0 spiro atoms. The van der Waals surface area contributed by atoms with E-state index in [0.29, 0.717) is 12.4 Å². The maximum absolute atomic E-state index is 9.16. The van der Waals surface area contributed by atoms with Crippen molar-refractivity contribution in [3.05, 3.63) is 11.7 Å². The molecule has 92 valence electrons. The van der Waals surface area contributed by atoms with Crippen LogP contribution < -0.4 is 0 Å². The van der Waals surface area contributed by atoms with Gasteiger partial charge >= 0.3 is 0 Å². The average Bonchev–Trinajstić information content (AvgIpc) is 2.63. The summed E-state index contributed by atoms with van der Waals surface area (Å²) < 4.78 is 5.13. The van der Waals surface area contributed by atoms with Gasteiger partial charge in [0.05, 0.1) is 12.6 Å². The Balaban J connectivity index is 2.34. The highest BCUT2D eigenvalue weighted by Crippen LogP contribution is 2.04. The summed E-state index contributed by atoms with van der Waals surface area (Å²) in [6.45, 7) is 5.34. The Bertz CT molecular complexity index is 299. The van der Waals surface area contributed by atoms with E-state index in [-0.39, 0.29) is 6.10 Å². The van der Waals surface area contributed by atoms with Crippen LogP contribution in [-0.4, -0.2) is 39.8 Å². The van der Waals surface area contributed by atoms with Gasteiger partial charge in [0.15, 0.2) is 5.82 Å². The summed E-state index contributed by atoms with van der Waals surface area (Å²) in [6.07, 6.45) is 2.38. The van der Waals surface area contributed by atoms with E-state index in [1.807, 2.05) is 7.05 Å². The van der Waals surface area contributed by atoms with Crippen molar-refractivity contribution in [2.45, 2.75) is 45.8 Å². The first kappa shape index (κ1) is 13.1. The van der Waals surface area contributed by atoms with Gasteiger partial charge in [0, 0.05) is 13.0 Å². The van der Waals surface area contributed by atoms with Crippen molar-refractivity contribution in [1.82, 2.24) is 15.0 Å². The van der Waals surface area contributed by atoms with Gasteiger partial charge in [0.1, 0.15) is 0 Å². The predicted octanol–water partition coefficient (Wildman–Crippen LogP) is 1.22. The molecular weight excluding hydrogens is 206 g/mol. The number of hydrogen-bond donors (Lipinski definition) is 1. The fraction of sp³-hybridized carbons (Fsp3) is 0.818. The third-order valence-electron chi connectivity index (χ3n) is 2.32. The topological polar surface area (TPSA) is 62.4 Å². The van der Waals surface area contributed by atoms with Crippen LogP contribution in [0.15, 0.2) is 4.52 Å². The first-order chi connectivity index (χ1) is 7.61. The Morgan fingerprint density at radius 2 is 2.25 bits per heavy atom. The Kier molecular flexibility index (Phi) is 5.42. The molecule has 5 heteroatoms. The molecule has 1 aromatic rings. The zero-order valence-electron chi connectivity index (χ0n) is 10.3. The fourth-order valence-electron chi connectivity index (χ4n) is 1.40. The van der Waals surface area contributed by atoms with Crippen LogP contribution in [0.1, 0.15) is 38.4 Å². The quantitative estimate of drug-likeness (QED) is 0.759. The largest absolute Gasteiger partial charge is 0.393 e. The fourth-order valence-corrected chi connectivity index (χ4v) is 1.40. The van der Waals surface area contributed by atoms with Crippen LogP contribution in [0, 0.1) is 0 Å². The lowest BCUT2D eigenvalue weighted by Crippen LogP contribution is -2.22. The minimum absolute atomic E-state index is 0.263. The molecule has 1 rings (SSSR count). The van der Waals surface area contributed by atoms with Crippen LogP contribution in [-0.2, 0) is 13.0 Å². The molecule has 0 radical (unpaired) electrons. The number of aliphatic hydroxyl groups excluding tert-OH is 1. The molecule has 0 aliphatic carbocycles. The minimum atomic E-state index is -0.263. The highest BCUT2D eigenvalue weighted by atomic mass is 16.5. The van der Waals surface area contributed by atoms with Gasteiger partial charge in [-0.3, -0.25) is 4.90 Å². The summed E-state index contributed by atoms with van der Waals surface area (Å²) in [6, 6.07) is 0. The van der Waals surface area contributed by atoms with Crippen molar-refractivity contribution < 1.29 is 9.63 Å². The lowest BCUT2D eigenvalue weighted by Gasteiger charge is -2.14. The second-order valence-corrected chi connectivity index (χ2v) is 4.23. The number of aryl methyl sites for hydroxylation is 1. The molecule has 0 amide bonds. The molecule has 1 atom stereocenters. The van der Waals surface area contributed by atoms with Crippen molar-refractivity contribution in [3.63, 3.8) is 0 Å². The predicted molar refractivity (Wildman–Crippen MR) is 60.9 cm³/mol. The van der Waals surface area contributed by atoms with Gasteiger partial charge in [-0.15, -0.1) is 0 Å². The van der Waals surface area contributed by atoms with Crippen LogP contribution in [0.4, 0.5) is 0 Å². The second kappa shape index (κ2) is 6.60. The van der Waals surface area contributed by atoms with Gasteiger partial charge in [-0.25, -0.2) is 0 Å². The summed E-state index contributed by atoms with van der Waals surface area (Å²) in [5.41, 5.74) is 0. The Labute approximate surface area is 96.5 Å². The lowest BCUT2D eigenvalue weighted by atomic mass is 10.3. The highest BCUT2D eigenvalue weighted by molar-refractivity contribution is 4.86. The molecule has 0 saturated heterocycles. The van der Waals surface area contributed by atoms with Crippen LogP contribution in [0.3, 0.4) is 0 Å². The SMILES string of the molecule is CCCc1noc(CN(C)CCC(C)O)n1. The molecule has 0 aromatic carbocycles. The molecule has 16 heavy (non-hydrogen) atoms. The molecule has 1 aromatic heterocycles. The first-order valence-corrected chi connectivity index (χ1v) is 5.80. The van der Waals surface area contributed by atoms with Crippen LogP contribution in [0.5, 0.6) is 0 Å². The molecule has 0 aliphatic rings. The van der Waals surface area contributed by atoms with E-state index < -0.39 is 0 Å². The van der Waals surface area contributed by atoms with Crippen LogP contribution >= 0.6 is 0 Å². The second-order valence-electron chi connectivity index (χ2n) is 4.23. The number of rotatable bonds is 7. The lowest BCUT2D eigenvalue weighted by molar-refractivity contribution is 0.158. The van der Waals surface area contributed by atoms with E-state index >= 15 is 0 Å². The van der Waals surface area contributed by atoms with Crippen LogP contribution in [0.2, 0.25) is 0 Å². The van der Waals surface area contributed by atoms with E-state index in [1.165, 1.54) is 0 Å². The van der Waals surface area contributed by atoms with Crippen molar-refractivity contribution >= 4 is 0 Å². The number of aliphatic hydroxyl groups is 1. The van der Waals surface area contributed by atoms with Gasteiger partial charge in [0.25, 0.3) is 0 Å². The molecule has 0 saturated carbocycles. The monoisotopic (exact) mass is 227 g/mol. The Morgan fingerprint density at radius 3 is 2.88 bits per heavy atom. The molecule has 0 fully saturated rings. The number of nitrogens with zero attached hydrogens (tertiary/aromatic N) is 3.